The maximum atomic E-state index is 12.1. The molecule has 0 unspecified atom stereocenters. The van der Waals surface area contributed by atoms with E-state index in [-0.39, 0.29) is 18.1 Å². The van der Waals surface area contributed by atoms with Crippen LogP contribution in [0.25, 0.3) is 0 Å². The molecule has 0 aliphatic rings. The third-order valence-corrected chi connectivity index (χ3v) is 3.30. The predicted octanol–water partition coefficient (Wildman–Crippen LogP) is 2.18. The molecule has 0 radical (unpaired) electrons. The lowest BCUT2D eigenvalue weighted by Gasteiger charge is -2.10. The minimum Gasteiger partial charge on any atom is -0.497 e. The number of amides is 1. The van der Waals surface area contributed by atoms with Gasteiger partial charge in [-0.05, 0) is 17.7 Å². The van der Waals surface area contributed by atoms with Crippen molar-refractivity contribution in [2.24, 2.45) is 0 Å². The van der Waals surface area contributed by atoms with Crippen molar-refractivity contribution in [3.05, 3.63) is 59.7 Å². The van der Waals surface area contributed by atoms with Crippen LogP contribution in [0.3, 0.4) is 0 Å². The van der Waals surface area contributed by atoms with Crippen LogP contribution in [-0.4, -0.2) is 32.7 Å². The SMILES string of the molecule is COc1ccc(C(=O)OCC(=O)NCc2ccccc2)c(OC)c1. The fraction of sp³-hybridized carbons (Fsp3) is 0.222. The highest BCUT2D eigenvalue weighted by Crippen LogP contribution is 2.25. The van der Waals surface area contributed by atoms with Crippen molar-refractivity contribution in [2.75, 3.05) is 20.8 Å². The van der Waals surface area contributed by atoms with Crippen LogP contribution in [0.4, 0.5) is 0 Å². The van der Waals surface area contributed by atoms with Crippen LogP contribution < -0.4 is 14.8 Å². The largest absolute Gasteiger partial charge is 0.497 e. The summed E-state index contributed by atoms with van der Waals surface area (Å²) in [5.74, 6) is -0.128. The Kier molecular flexibility index (Phi) is 6.19. The molecule has 0 bridgehead atoms. The second-order valence-corrected chi connectivity index (χ2v) is 4.90. The number of nitrogens with one attached hydrogen (secondary N) is 1. The summed E-state index contributed by atoms with van der Waals surface area (Å²) >= 11 is 0. The zero-order chi connectivity index (χ0) is 17.4. The third-order valence-electron chi connectivity index (χ3n) is 3.30. The van der Waals surface area contributed by atoms with Crippen molar-refractivity contribution in [1.29, 1.82) is 0 Å². The van der Waals surface area contributed by atoms with Gasteiger partial charge in [0.05, 0.1) is 14.2 Å². The molecular weight excluding hydrogens is 310 g/mol. The Balaban J connectivity index is 1.87. The number of ether oxygens (including phenoxy) is 3. The summed E-state index contributed by atoms with van der Waals surface area (Å²) in [4.78, 5) is 23.8. The normalized spacial score (nSPS) is 9.92. The Hall–Kier alpha value is -3.02. The van der Waals surface area contributed by atoms with Gasteiger partial charge in [-0.15, -0.1) is 0 Å². The molecule has 0 atom stereocenters. The van der Waals surface area contributed by atoms with Crippen LogP contribution in [0, 0.1) is 0 Å². The molecule has 0 fully saturated rings. The Bertz CT molecular complexity index is 700. The zero-order valence-corrected chi connectivity index (χ0v) is 13.6. The van der Waals surface area contributed by atoms with Gasteiger partial charge in [0, 0.05) is 12.6 Å². The number of rotatable bonds is 7. The second-order valence-electron chi connectivity index (χ2n) is 4.90. The topological polar surface area (TPSA) is 73.9 Å². The lowest BCUT2D eigenvalue weighted by atomic mass is 10.2. The average molecular weight is 329 g/mol. The Morgan fingerprint density at radius 2 is 1.75 bits per heavy atom. The van der Waals surface area contributed by atoms with E-state index in [1.807, 2.05) is 30.3 Å². The highest BCUT2D eigenvalue weighted by atomic mass is 16.5. The van der Waals surface area contributed by atoms with Crippen molar-refractivity contribution in [3.8, 4) is 11.5 Å². The van der Waals surface area contributed by atoms with E-state index < -0.39 is 5.97 Å². The predicted molar refractivity (Wildman–Crippen MR) is 88.1 cm³/mol. The summed E-state index contributed by atoms with van der Waals surface area (Å²) in [6.45, 7) is 0.0178. The molecule has 126 valence electrons. The van der Waals surface area contributed by atoms with Gasteiger partial charge in [-0.2, -0.15) is 0 Å². The van der Waals surface area contributed by atoms with Crippen LogP contribution in [0.1, 0.15) is 15.9 Å². The zero-order valence-electron chi connectivity index (χ0n) is 13.6. The van der Waals surface area contributed by atoms with Crippen LogP contribution in [0.2, 0.25) is 0 Å². The van der Waals surface area contributed by atoms with Crippen LogP contribution >= 0.6 is 0 Å². The smallest absolute Gasteiger partial charge is 0.342 e. The molecule has 2 aromatic rings. The van der Waals surface area contributed by atoms with Gasteiger partial charge in [0.1, 0.15) is 17.1 Å². The van der Waals surface area contributed by atoms with Crippen LogP contribution in [0.15, 0.2) is 48.5 Å². The van der Waals surface area contributed by atoms with Gasteiger partial charge < -0.3 is 19.5 Å². The Morgan fingerprint density at radius 1 is 1.00 bits per heavy atom. The second kappa shape index (κ2) is 8.57. The lowest BCUT2D eigenvalue weighted by molar-refractivity contribution is -0.124. The van der Waals surface area contributed by atoms with E-state index in [9.17, 15) is 9.59 Å². The number of methoxy groups -OCH3 is 2. The molecule has 0 aliphatic carbocycles. The Labute approximate surface area is 140 Å². The van der Waals surface area contributed by atoms with Gasteiger partial charge in [-0.3, -0.25) is 4.79 Å². The van der Waals surface area contributed by atoms with Crippen molar-refractivity contribution < 1.29 is 23.8 Å². The van der Waals surface area contributed by atoms with Crippen molar-refractivity contribution >= 4 is 11.9 Å². The summed E-state index contributed by atoms with van der Waals surface area (Å²) in [6, 6.07) is 14.2. The van der Waals surface area contributed by atoms with Gasteiger partial charge in [0.25, 0.3) is 5.91 Å². The Morgan fingerprint density at radius 3 is 2.42 bits per heavy atom. The first kappa shape index (κ1) is 17.3. The molecule has 0 spiro atoms. The van der Waals surface area contributed by atoms with Crippen LogP contribution in [-0.2, 0) is 16.1 Å². The first-order valence-corrected chi connectivity index (χ1v) is 7.34. The molecule has 0 heterocycles. The summed E-state index contributed by atoms with van der Waals surface area (Å²) in [7, 11) is 2.96. The van der Waals surface area contributed by atoms with Gasteiger partial charge in [-0.25, -0.2) is 4.79 Å². The van der Waals surface area contributed by atoms with Gasteiger partial charge in [0.15, 0.2) is 6.61 Å². The number of esters is 1. The minimum atomic E-state index is -0.635. The number of hydrogen-bond acceptors (Lipinski definition) is 5. The van der Waals surface area contributed by atoms with E-state index in [0.29, 0.717) is 18.0 Å². The molecule has 0 aromatic heterocycles. The minimum absolute atomic E-state index is 0.231. The maximum absolute atomic E-state index is 12.1. The lowest BCUT2D eigenvalue weighted by Crippen LogP contribution is -2.28. The molecule has 24 heavy (non-hydrogen) atoms. The summed E-state index contributed by atoms with van der Waals surface area (Å²) in [5.41, 5.74) is 1.20. The van der Waals surface area contributed by atoms with E-state index in [0.717, 1.165) is 5.56 Å². The number of carbonyl (C=O) groups excluding carboxylic acids is 2. The maximum Gasteiger partial charge on any atom is 0.342 e. The van der Waals surface area contributed by atoms with E-state index in [1.165, 1.54) is 20.3 Å². The van der Waals surface area contributed by atoms with Gasteiger partial charge in [-0.1, -0.05) is 30.3 Å². The molecule has 2 rings (SSSR count). The van der Waals surface area contributed by atoms with Crippen molar-refractivity contribution in [2.45, 2.75) is 6.54 Å². The van der Waals surface area contributed by atoms with E-state index in [2.05, 4.69) is 5.32 Å². The van der Waals surface area contributed by atoms with E-state index in [4.69, 9.17) is 14.2 Å². The third kappa shape index (κ3) is 4.74. The summed E-state index contributed by atoms with van der Waals surface area (Å²) in [5, 5.41) is 2.69. The number of benzene rings is 2. The molecule has 1 N–H and O–H groups in total. The number of hydrogen-bond donors (Lipinski definition) is 1. The van der Waals surface area contributed by atoms with Gasteiger partial charge >= 0.3 is 5.97 Å². The van der Waals surface area contributed by atoms with Crippen molar-refractivity contribution in [1.82, 2.24) is 5.32 Å². The van der Waals surface area contributed by atoms with Crippen molar-refractivity contribution in [3.63, 3.8) is 0 Å². The van der Waals surface area contributed by atoms with Crippen LogP contribution in [0.5, 0.6) is 11.5 Å². The summed E-state index contributed by atoms with van der Waals surface area (Å²) < 4.78 is 15.2. The molecule has 0 aliphatic heterocycles. The quantitative estimate of drug-likeness (QED) is 0.788. The summed E-state index contributed by atoms with van der Waals surface area (Å²) in [6.07, 6.45) is 0. The molecule has 6 heteroatoms. The van der Waals surface area contributed by atoms with Gasteiger partial charge in [0.2, 0.25) is 0 Å². The molecule has 0 saturated carbocycles. The van der Waals surface area contributed by atoms with E-state index >= 15 is 0 Å². The number of carbonyl (C=O) groups is 2. The molecule has 6 nitrogen and oxygen atoms in total. The highest BCUT2D eigenvalue weighted by Gasteiger charge is 2.16. The fourth-order valence-electron chi connectivity index (χ4n) is 2.02. The monoisotopic (exact) mass is 329 g/mol. The standard InChI is InChI=1S/C18H19NO5/c1-22-14-8-9-15(16(10-14)23-2)18(21)24-12-17(20)19-11-13-6-4-3-5-7-13/h3-10H,11-12H2,1-2H3,(H,19,20). The molecule has 0 saturated heterocycles. The first-order valence-electron chi connectivity index (χ1n) is 7.34. The average Bonchev–Trinajstić information content (AvgIpc) is 2.64. The molecule has 2 aromatic carbocycles. The first-order chi connectivity index (χ1) is 11.6. The molecule has 1 amide bonds. The highest BCUT2D eigenvalue weighted by molar-refractivity contribution is 5.94. The fourth-order valence-corrected chi connectivity index (χ4v) is 2.02. The molecular formula is C18H19NO5. The van der Waals surface area contributed by atoms with E-state index in [1.54, 1.807) is 12.1 Å².